The van der Waals surface area contributed by atoms with Gasteiger partial charge in [-0.3, -0.25) is 14.4 Å². The summed E-state index contributed by atoms with van der Waals surface area (Å²) >= 11 is 0. The van der Waals surface area contributed by atoms with Crippen LogP contribution in [0.5, 0.6) is 0 Å². The van der Waals surface area contributed by atoms with Crippen molar-refractivity contribution in [3.8, 4) is 0 Å². The minimum absolute atomic E-state index is 0.0764. The van der Waals surface area contributed by atoms with Crippen LogP contribution in [0.25, 0.3) is 0 Å². The summed E-state index contributed by atoms with van der Waals surface area (Å²) in [5.41, 5.74) is 1.76. The number of aryl methyl sites for hydroxylation is 1. The summed E-state index contributed by atoms with van der Waals surface area (Å²) in [6.45, 7) is 2.12. The second-order valence-corrected chi connectivity index (χ2v) is 9.89. The Balaban J connectivity index is 1.45. The zero-order valence-electron chi connectivity index (χ0n) is 18.6. The van der Waals surface area contributed by atoms with Crippen LogP contribution in [0.2, 0.25) is 0 Å². The largest absolute Gasteiger partial charge is 0.457 e. The third-order valence-electron chi connectivity index (χ3n) is 5.39. The van der Waals surface area contributed by atoms with Crippen molar-refractivity contribution in [2.24, 2.45) is 0 Å². The number of nitrogens with zero attached hydrogens (tertiary/aromatic N) is 1. The van der Waals surface area contributed by atoms with Crippen LogP contribution >= 0.6 is 0 Å². The number of piperidine rings is 1. The molecule has 1 heterocycles. The number of benzene rings is 2. The summed E-state index contributed by atoms with van der Waals surface area (Å²) in [5, 5.41) is 2.61. The van der Waals surface area contributed by atoms with E-state index >= 15 is 0 Å². The predicted molar refractivity (Wildman–Crippen MR) is 123 cm³/mol. The van der Waals surface area contributed by atoms with Gasteiger partial charge in [0.25, 0.3) is 0 Å². The minimum Gasteiger partial charge on any atom is -0.457 e. The van der Waals surface area contributed by atoms with E-state index in [2.05, 4.69) is 5.32 Å². The maximum absolute atomic E-state index is 12.7. The molecule has 0 bridgehead atoms. The number of esters is 1. The topological polar surface area (TPSA) is 110 Å². The molecule has 0 aliphatic carbocycles. The van der Waals surface area contributed by atoms with Crippen molar-refractivity contribution in [2.45, 2.75) is 43.9 Å². The van der Waals surface area contributed by atoms with Gasteiger partial charge in [0.05, 0.1) is 4.90 Å². The number of carbonyl (C=O) groups is 3. The van der Waals surface area contributed by atoms with E-state index in [1.165, 1.54) is 11.2 Å². The van der Waals surface area contributed by atoms with Crippen LogP contribution in [-0.4, -0.2) is 50.1 Å². The molecule has 1 aliphatic rings. The second-order valence-electron chi connectivity index (χ2n) is 7.95. The monoisotopic (exact) mass is 472 g/mol. The summed E-state index contributed by atoms with van der Waals surface area (Å²) < 4.78 is 32.0. The molecule has 1 amide bonds. The number of Topliss-reactive ketones (excluding diaryl/α,β-unsaturated/α-hetero) is 1. The van der Waals surface area contributed by atoms with Gasteiger partial charge in [0.15, 0.2) is 12.4 Å². The third kappa shape index (κ3) is 6.97. The van der Waals surface area contributed by atoms with Gasteiger partial charge in [-0.25, -0.2) is 8.42 Å². The number of hydrogen-bond donors (Lipinski definition) is 1. The molecule has 0 spiro atoms. The average molecular weight is 473 g/mol. The lowest BCUT2D eigenvalue weighted by atomic mass is 10.1. The van der Waals surface area contributed by atoms with Gasteiger partial charge in [-0.1, -0.05) is 18.6 Å². The molecule has 1 saturated heterocycles. The molecule has 8 nitrogen and oxygen atoms in total. The van der Waals surface area contributed by atoms with Crippen molar-refractivity contribution in [2.75, 3.05) is 25.0 Å². The Labute approximate surface area is 194 Å². The quantitative estimate of drug-likeness (QED) is 0.443. The molecule has 0 aromatic heterocycles. The normalized spacial score (nSPS) is 14.5. The number of amides is 1. The van der Waals surface area contributed by atoms with E-state index in [0.717, 1.165) is 24.8 Å². The first-order chi connectivity index (χ1) is 15.8. The zero-order chi connectivity index (χ0) is 23.8. The van der Waals surface area contributed by atoms with Gasteiger partial charge in [0, 0.05) is 37.7 Å². The number of carbonyl (C=O) groups excluding carboxylic acids is 3. The first kappa shape index (κ1) is 24.6. The summed E-state index contributed by atoms with van der Waals surface area (Å²) in [6, 6.07) is 12.9. The molecule has 0 radical (unpaired) electrons. The number of anilines is 1. The van der Waals surface area contributed by atoms with Crippen molar-refractivity contribution in [3.63, 3.8) is 0 Å². The molecule has 0 unspecified atom stereocenters. The Bertz CT molecular complexity index is 1090. The first-order valence-corrected chi connectivity index (χ1v) is 12.4. The minimum atomic E-state index is -3.48. The van der Waals surface area contributed by atoms with Crippen molar-refractivity contribution >= 4 is 33.4 Å². The molecule has 1 N–H and O–H groups in total. The summed E-state index contributed by atoms with van der Waals surface area (Å²) in [4.78, 5) is 35.5. The smallest absolute Gasteiger partial charge is 0.306 e. The summed E-state index contributed by atoms with van der Waals surface area (Å²) in [7, 11) is -3.48. The lowest BCUT2D eigenvalue weighted by Crippen LogP contribution is -2.35. The maximum Gasteiger partial charge on any atom is 0.306 e. The first-order valence-electron chi connectivity index (χ1n) is 10.9. The molecule has 9 heteroatoms. The maximum atomic E-state index is 12.7. The van der Waals surface area contributed by atoms with Gasteiger partial charge in [-0.15, -0.1) is 0 Å². The Morgan fingerprint density at radius 1 is 0.939 bits per heavy atom. The van der Waals surface area contributed by atoms with Gasteiger partial charge >= 0.3 is 5.97 Å². The van der Waals surface area contributed by atoms with Crippen LogP contribution < -0.4 is 5.32 Å². The molecular formula is C24H28N2O6S. The molecule has 2 aromatic carbocycles. The number of sulfonamides is 1. The Hall–Kier alpha value is -3.04. The van der Waals surface area contributed by atoms with Crippen molar-refractivity contribution in [1.82, 2.24) is 4.31 Å². The lowest BCUT2D eigenvalue weighted by Gasteiger charge is -2.25. The van der Waals surface area contributed by atoms with Crippen molar-refractivity contribution in [1.29, 1.82) is 0 Å². The van der Waals surface area contributed by atoms with E-state index in [1.807, 2.05) is 0 Å². The fourth-order valence-corrected chi connectivity index (χ4v) is 5.09. The number of ketones is 1. The lowest BCUT2D eigenvalue weighted by molar-refractivity contribution is -0.142. The molecule has 0 atom stereocenters. The molecule has 0 saturated carbocycles. The predicted octanol–water partition coefficient (Wildman–Crippen LogP) is 3.18. The second kappa shape index (κ2) is 11.2. The summed E-state index contributed by atoms with van der Waals surface area (Å²) in [5.74, 6) is -1.06. The number of nitrogens with one attached hydrogen (secondary N) is 1. The molecule has 176 valence electrons. The molecule has 1 fully saturated rings. The molecule has 1 aliphatic heterocycles. The van der Waals surface area contributed by atoms with E-state index in [9.17, 15) is 22.8 Å². The van der Waals surface area contributed by atoms with Gasteiger partial charge in [0.2, 0.25) is 15.9 Å². The van der Waals surface area contributed by atoms with E-state index in [0.29, 0.717) is 30.8 Å². The Morgan fingerprint density at radius 2 is 1.58 bits per heavy atom. The third-order valence-corrected chi connectivity index (χ3v) is 7.30. The Morgan fingerprint density at radius 3 is 2.18 bits per heavy atom. The van der Waals surface area contributed by atoms with Crippen LogP contribution in [-0.2, 0) is 30.8 Å². The van der Waals surface area contributed by atoms with Crippen LogP contribution in [0.15, 0.2) is 53.4 Å². The van der Waals surface area contributed by atoms with E-state index in [1.54, 1.807) is 48.5 Å². The zero-order valence-corrected chi connectivity index (χ0v) is 19.4. The van der Waals surface area contributed by atoms with Gasteiger partial charge in [-0.05, 0) is 61.2 Å². The average Bonchev–Trinajstić information content (AvgIpc) is 2.82. The number of rotatable bonds is 9. The van der Waals surface area contributed by atoms with Gasteiger partial charge in [-0.2, -0.15) is 4.31 Å². The summed E-state index contributed by atoms with van der Waals surface area (Å²) in [6.07, 6.45) is 3.27. The highest BCUT2D eigenvalue weighted by Crippen LogP contribution is 2.21. The highest BCUT2D eigenvalue weighted by atomic mass is 32.2. The van der Waals surface area contributed by atoms with Gasteiger partial charge < -0.3 is 10.1 Å². The van der Waals surface area contributed by atoms with Crippen LogP contribution in [0, 0.1) is 0 Å². The van der Waals surface area contributed by atoms with Crippen LogP contribution in [0.4, 0.5) is 5.69 Å². The molecule has 2 aromatic rings. The van der Waals surface area contributed by atoms with E-state index < -0.39 is 16.0 Å². The SMILES string of the molecule is CC(=O)Nc1ccc(C(=O)COC(=O)CCc2ccc(S(=O)(=O)N3CCCCC3)cc2)cc1. The van der Waals surface area contributed by atoms with Crippen molar-refractivity contribution in [3.05, 3.63) is 59.7 Å². The number of ether oxygens (including phenoxy) is 1. The van der Waals surface area contributed by atoms with Crippen LogP contribution in [0.1, 0.15) is 48.5 Å². The molecule has 3 rings (SSSR count). The highest BCUT2D eigenvalue weighted by Gasteiger charge is 2.25. The fraction of sp³-hybridized carbons (Fsp3) is 0.375. The highest BCUT2D eigenvalue weighted by molar-refractivity contribution is 7.89. The standard InChI is InChI=1S/C24H28N2O6S/c1-18(27)25-21-10-8-20(9-11-21)23(28)17-32-24(29)14-7-19-5-12-22(13-6-19)33(30,31)26-15-3-2-4-16-26/h5-6,8-13H,2-4,7,14-17H2,1H3,(H,25,27). The Kier molecular flexibility index (Phi) is 8.35. The van der Waals surface area contributed by atoms with Gasteiger partial charge in [0.1, 0.15) is 0 Å². The van der Waals surface area contributed by atoms with E-state index in [4.69, 9.17) is 4.74 Å². The van der Waals surface area contributed by atoms with Crippen molar-refractivity contribution < 1.29 is 27.5 Å². The molecule has 33 heavy (non-hydrogen) atoms. The van der Waals surface area contributed by atoms with Crippen LogP contribution in [0.3, 0.4) is 0 Å². The van der Waals surface area contributed by atoms with E-state index in [-0.39, 0.29) is 29.6 Å². The molecular weight excluding hydrogens is 444 g/mol. The number of hydrogen-bond acceptors (Lipinski definition) is 6. The fourth-order valence-electron chi connectivity index (χ4n) is 3.57.